The van der Waals surface area contributed by atoms with Gasteiger partial charge < -0.3 is 11.1 Å². The third-order valence-electron chi connectivity index (χ3n) is 2.37. The maximum Gasteiger partial charge on any atom is 0.148 e. The first-order valence-electron chi connectivity index (χ1n) is 5.78. The number of thiazole rings is 1. The number of nitrogens with one attached hydrogen (secondary N) is 1. The maximum absolute atomic E-state index is 5.95. The number of hydrogen-bond acceptors (Lipinski definition) is 6. The van der Waals surface area contributed by atoms with Crippen LogP contribution in [0, 0.1) is 12.3 Å². The van der Waals surface area contributed by atoms with E-state index in [1.807, 2.05) is 12.3 Å². The van der Waals surface area contributed by atoms with E-state index in [1.165, 1.54) is 11.5 Å². The fourth-order valence-electron chi connectivity index (χ4n) is 1.49. The Morgan fingerprint density at radius 3 is 2.67 bits per heavy atom. The van der Waals surface area contributed by atoms with Crippen LogP contribution in [0.15, 0.2) is 5.38 Å². The molecule has 0 aliphatic heterocycles. The van der Waals surface area contributed by atoms with Crippen LogP contribution in [0.5, 0.6) is 0 Å². The number of nitrogen functional groups attached to an aromatic ring is 1. The third kappa shape index (κ3) is 3.00. The first kappa shape index (κ1) is 13.3. The normalized spacial score (nSPS) is 11.8. The zero-order chi connectivity index (χ0) is 13.3. The largest absolute Gasteiger partial charge is 0.382 e. The molecule has 4 nitrogen and oxygen atoms in total. The molecule has 0 radical (unpaired) electrons. The van der Waals surface area contributed by atoms with Crippen LogP contribution in [0.1, 0.15) is 25.8 Å². The van der Waals surface area contributed by atoms with Crippen molar-refractivity contribution in [2.75, 3.05) is 17.6 Å². The monoisotopic (exact) mass is 282 g/mol. The van der Waals surface area contributed by atoms with Gasteiger partial charge in [-0.2, -0.15) is 4.37 Å². The number of nitrogens with two attached hydrogens (primary N) is 1. The van der Waals surface area contributed by atoms with Gasteiger partial charge in [0.25, 0.3) is 0 Å². The fourth-order valence-corrected chi connectivity index (χ4v) is 2.82. The molecule has 0 aliphatic carbocycles. The Hall–Kier alpha value is -1.14. The van der Waals surface area contributed by atoms with Gasteiger partial charge in [0.2, 0.25) is 0 Å². The molecule has 6 heteroatoms. The highest BCUT2D eigenvalue weighted by Gasteiger charge is 2.18. The second kappa shape index (κ2) is 4.85. The zero-order valence-electron chi connectivity index (χ0n) is 11.1. The van der Waals surface area contributed by atoms with Crippen LogP contribution in [0.2, 0.25) is 0 Å². The summed E-state index contributed by atoms with van der Waals surface area (Å²) in [7, 11) is 0. The number of aryl methyl sites for hydroxylation is 1. The summed E-state index contributed by atoms with van der Waals surface area (Å²) in [5.74, 6) is 0.557. The van der Waals surface area contributed by atoms with Crippen molar-refractivity contribution in [2.45, 2.75) is 27.7 Å². The highest BCUT2D eigenvalue weighted by Crippen LogP contribution is 2.37. The Kier molecular flexibility index (Phi) is 3.59. The number of nitrogens with zero attached hydrogens (tertiary/aromatic N) is 2. The smallest absolute Gasteiger partial charge is 0.148 e. The Morgan fingerprint density at radius 1 is 1.39 bits per heavy atom. The molecule has 2 aromatic rings. The topological polar surface area (TPSA) is 63.8 Å². The van der Waals surface area contributed by atoms with E-state index in [1.54, 1.807) is 11.3 Å². The molecule has 0 saturated carbocycles. The summed E-state index contributed by atoms with van der Waals surface area (Å²) in [6.07, 6.45) is 0. The Balaban J connectivity index is 2.28. The van der Waals surface area contributed by atoms with Crippen LogP contribution < -0.4 is 11.1 Å². The molecule has 18 heavy (non-hydrogen) atoms. The molecular formula is C12H18N4S2. The summed E-state index contributed by atoms with van der Waals surface area (Å²) in [6, 6.07) is 0. The minimum Gasteiger partial charge on any atom is -0.382 e. The molecule has 2 rings (SSSR count). The lowest BCUT2D eigenvalue weighted by atomic mass is 9.97. The van der Waals surface area contributed by atoms with E-state index < -0.39 is 0 Å². The van der Waals surface area contributed by atoms with E-state index in [0.717, 1.165) is 27.8 Å². The van der Waals surface area contributed by atoms with E-state index in [-0.39, 0.29) is 5.41 Å². The second-order valence-corrected chi connectivity index (χ2v) is 7.27. The van der Waals surface area contributed by atoms with Crippen LogP contribution >= 0.6 is 22.9 Å². The lowest BCUT2D eigenvalue weighted by molar-refractivity contribution is 0.443. The molecule has 0 aliphatic rings. The summed E-state index contributed by atoms with van der Waals surface area (Å²) in [5, 5.41) is 7.49. The van der Waals surface area contributed by atoms with Crippen LogP contribution in [0.3, 0.4) is 0 Å². The van der Waals surface area contributed by atoms with Crippen LogP contribution in [-0.4, -0.2) is 15.9 Å². The first-order valence-corrected chi connectivity index (χ1v) is 7.43. The Bertz CT molecular complexity index is 537. The van der Waals surface area contributed by atoms with E-state index in [2.05, 4.69) is 35.4 Å². The third-order valence-corrected chi connectivity index (χ3v) is 3.97. The summed E-state index contributed by atoms with van der Waals surface area (Å²) in [4.78, 5) is 4.48. The molecule has 0 unspecified atom stereocenters. The molecule has 3 N–H and O–H groups in total. The minimum atomic E-state index is 0.216. The van der Waals surface area contributed by atoms with Crippen molar-refractivity contribution in [1.29, 1.82) is 0 Å². The van der Waals surface area contributed by atoms with Gasteiger partial charge in [0.1, 0.15) is 10.8 Å². The van der Waals surface area contributed by atoms with Crippen molar-refractivity contribution in [2.24, 2.45) is 5.41 Å². The van der Waals surface area contributed by atoms with Gasteiger partial charge in [-0.3, -0.25) is 0 Å². The lowest BCUT2D eigenvalue weighted by Gasteiger charge is -2.19. The van der Waals surface area contributed by atoms with Crippen LogP contribution in [0.25, 0.3) is 11.3 Å². The molecule has 2 aromatic heterocycles. The Morgan fingerprint density at radius 2 is 2.11 bits per heavy atom. The molecule has 0 atom stereocenters. The molecule has 0 aromatic carbocycles. The van der Waals surface area contributed by atoms with E-state index in [4.69, 9.17) is 5.73 Å². The predicted molar refractivity (Wildman–Crippen MR) is 80.3 cm³/mol. The second-order valence-electron chi connectivity index (χ2n) is 5.44. The van der Waals surface area contributed by atoms with E-state index in [0.29, 0.717) is 5.82 Å². The van der Waals surface area contributed by atoms with Crippen molar-refractivity contribution in [1.82, 2.24) is 9.36 Å². The summed E-state index contributed by atoms with van der Waals surface area (Å²) in [5.41, 5.74) is 8.02. The summed E-state index contributed by atoms with van der Waals surface area (Å²) >= 11 is 3.03. The summed E-state index contributed by atoms with van der Waals surface area (Å²) < 4.78 is 4.22. The van der Waals surface area contributed by atoms with Gasteiger partial charge in [-0.25, -0.2) is 4.98 Å². The molecule has 0 spiro atoms. The highest BCUT2D eigenvalue weighted by molar-refractivity contribution is 7.11. The highest BCUT2D eigenvalue weighted by atomic mass is 32.1. The van der Waals surface area contributed by atoms with Crippen LogP contribution in [-0.2, 0) is 0 Å². The fraction of sp³-hybridized carbons (Fsp3) is 0.500. The van der Waals surface area contributed by atoms with Gasteiger partial charge in [-0.1, -0.05) is 20.8 Å². The van der Waals surface area contributed by atoms with Gasteiger partial charge in [0, 0.05) is 11.9 Å². The zero-order valence-corrected chi connectivity index (χ0v) is 12.7. The number of hydrogen-bond donors (Lipinski definition) is 2. The Labute approximate surface area is 115 Å². The molecular weight excluding hydrogens is 264 g/mol. The van der Waals surface area contributed by atoms with Crippen molar-refractivity contribution >= 4 is 33.7 Å². The molecule has 98 valence electrons. The van der Waals surface area contributed by atoms with Gasteiger partial charge >= 0.3 is 0 Å². The molecule has 0 saturated heterocycles. The molecule has 0 fully saturated rings. The number of anilines is 2. The van der Waals surface area contributed by atoms with Crippen molar-refractivity contribution in [3.63, 3.8) is 0 Å². The van der Waals surface area contributed by atoms with Gasteiger partial charge in [0.15, 0.2) is 0 Å². The van der Waals surface area contributed by atoms with Crippen molar-refractivity contribution in [3.05, 3.63) is 10.4 Å². The average Bonchev–Trinajstić information content (AvgIpc) is 2.81. The number of rotatable bonds is 3. The number of aromatic nitrogens is 2. The lowest BCUT2D eigenvalue weighted by Crippen LogP contribution is -2.18. The first-order chi connectivity index (χ1) is 8.37. The standard InChI is InChI=1S/C12H18N4S2/c1-7-15-8(5-17-7)9-10(13)16-18-11(9)14-6-12(2,3)4/h5,14H,6H2,1-4H3,(H2,13,16). The summed E-state index contributed by atoms with van der Waals surface area (Å²) in [6.45, 7) is 9.45. The quantitative estimate of drug-likeness (QED) is 0.902. The van der Waals surface area contributed by atoms with Crippen LogP contribution in [0.4, 0.5) is 10.8 Å². The van der Waals surface area contributed by atoms with E-state index in [9.17, 15) is 0 Å². The van der Waals surface area contributed by atoms with Crippen molar-refractivity contribution in [3.8, 4) is 11.3 Å². The molecule has 2 heterocycles. The predicted octanol–water partition coefficient (Wildman–Crippen LogP) is 3.62. The van der Waals surface area contributed by atoms with Gasteiger partial charge in [0.05, 0.1) is 16.3 Å². The van der Waals surface area contributed by atoms with Crippen molar-refractivity contribution < 1.29 is 0 Å². The average molecular weight is 282 g/mol. The maximum atomic E-state index is 5.95. The van der Waals surface area contributed by atoms with Gasteiger partial charge in [-0.05, 0) is 23.9 Å². The van der Waals surface area contributed by atoms with E-state index >= 15 is 0 Å². The minimum absolute atomic E-state index is 0.216. The van der Waals surface area contributed by atoms with Gasteiger partial charge in [-0.15, -0.1) is 11.3 Å². The SMILES string of the molecule is Cc1nc(-c2c(N)nsc2NCC(C)(C)C)cs1. The molecule has 0 bridgehead atoms. The molecule has 0 amide bonds.